The number of thioether (sulfide) groups is 1. The van der Waals surface area contributed by atoms with Crippen molar-refractivity contribution in [2.75, 3.05) is 25.4 Å². The van der Waals surface area contributed by atoms with E-state index < -0.39 is 12.0 Å². The fourth-order valence-electron chi connectivity index (χ4n) is 3.71. The molecule has 0 aliphatic carbocycles. The standard InChI is InChI=1S/C21H19ClN4O4S/c1-11(27)25-15-8-6-5-7-12(15)18-19(28)23-21(31-4)24-26(18)20(25)13-9-16(29-2)17(30-3)10-14(13)22/h5-10,20H,1-4H3. The van der Waals surface area contributed by atoms with E-state index in [9.17, 15) is 9.90 Å². The number of hydrogen-bond donors (Lipinski definition) is 0. The van der Waals surface area contributed by atoms with Crippen molar-refractivity contribution >= 4 is 35.0 Å². The molecule has 0 bridgehead atoms. The summed E-state index contributed by atoms with van der Waals surface area (Å²) in [5.74, 6) is 0.215. The van der Waals surface area contributed by atoms with E-state index in [0.717, 1.165) is 0 Å². The van der Waals surface area contributed by atoms with Gasteiger partial charge < -0.3 is 14.6 Å². The minimum atomic E-state index is -0.823. The lowest BCUT2D eigenvalue weighted by Gasteiger charge is -2.33. The van der Waals surface area contributed by atoms with Crippen molar-refractivity contribution in [3.05, 3.63) is 47.0 Å². The molecule has 160 valence electrons. The average molecular weight is 459 g/mol. The van der Waals surface area contributed by atoms with Crippen LogP contribution in [0.2, 0.25) is 5.02 Å². The first kappa shape index (κ1) is 21.2. The zero-order chi connectivity index (χ0) is 22.3. The molecule has 0 N–H and O–H groups in total. The smallest absolute Gasteiger partial charge is 0.294 e. The summed E-state index contributed by atoms with van der Waals surface area (Å²) < 4.78 is 12.3. The minimum absolute atomic E-state index is 0.238. The highest BCUT2D eigenvalue weighted by Crippen LogP contribution is 2.44. The number of benzene rings is 2. The second-order valence-corrected chi connectivity index (χ2v) is 7.89. The van der Waals surface area contributed by atoms with Gasteiger partial charge in [0.1, 0.15) is 0 Å². The molecule has 3 aromatic rings. The minimum Gasteiger partial charge on any atom is -0.854 e. The van der Waals surface area contributed by atoms with Gasteiger partial charge in [0.15, 0.2) is 11.5 Å². The molecule has 1 amide bonds. The highest BCUT2D eigenvalue weighted by molar-refractivity contribution is 7.98. The summed E-state index contributed by atoms with van der Waals surface area (Å²) in [4.78, 5) is 18.5. The van der Waals surface area contributed by atoms with E-state index in [0.29, 0.717) is 38.5 Å². The van der Waals surface area contributed by atoms with E-state index in [1.807, 2.05) is 0 Å². The molecule has 1 aliphatic rings. The van der Waals surface area contributed by atoms with Crippen LogP contribution in [0.4, 0.5) is 5.69 Å². The fraction of sp³-hybridized carbons (Fsp3) is 0.238. The zero-order valence-electron chi connectivity index (χ0n) is 17.2. The van der Waals surface area contributed by atoms with E-state index in [2.05, 4.69) is 10.1 Å². The van der Waals surface area contributed by atoms with Gasteiger partial charge in [-0.2, -0.15) is 0 Å². The number of anilines is 1. The van der Waals surface area contributed by atoms with Crippen LogP contribution in [0.5, 0.6) is 17.4 Å². The third-order valence-electron chi connectivity index (χ3n) is 5.02. The number of aromatic nitrogens is 3. The third kappa shape index (κ3) is 3.43. The van der Waals surface area contributed by atoms with E-state index in [-0.39, 0.29) is 11.6 Å². The molecule has 0 radical (unpaired) electrons. The number of ether oxygens (including phenoxy) is 2. The summed E-state index contributed by atoms with van der Waals surface area (Å²) in [6, 6.07) is 10.5. The molecule has 0 spiro atoms. The first-order chi connectivity index (χ1) is 14.9. The van der Waals surface area contributed by atoms with Crippen LogP contribution in [0.3, 0.4) is 0 Å². The number of carbonyl (C=O) groups excluding carboxylic acids is 1. The molecule has 1 atom stereocenters. The van der Waals surface area contributed by atoms with Gasteiger partial charge in [-0.05, 0) is 24.5 Å². The lowest BCUT2D eigenvalue weighted by Crippen LogP contribution is -2.58. The predicted octanol–water partition coefficient (Wildman–Crippen LogP) is 2.81. The molecular formula is C21H19ClN4O4S. The number of nitrogens with zero attached hydrogens (tertiary/aromatic N) is 4. The highest BCUT2D eigenvalue weighted by atomic mass is 35.5. The number of rotatable bonds is 4. The van der Waals surface area contributed by atoms with E-state index in [1.165, 1.54) is 37.6 Å². The molecule has 2 aromatic carbocycles. The van der Waals surface area contributed by atoms with Crippen LogP contribution in [-0.4, -0.2) is 36.5 Å². The van der Waals surface area contributed by atoms with E-state index in [1.54, 1.807) is 47.6 Å². The van der Waals surface area contributed by atoms with Crippen molar-refractivity contribution in [2.24, 2.45) is 0 Å². The van der Waals surface area contributed by atoms with Crippen molar-refractivity contribution in [1.29, 1.82) is 0 Å². The molecule has 8 nitrogen and oxygen atoms in total. The number of hydrogen-bond acceptors (Lipinski definition) is 7. The third-order valence-corrected chi connectivity index (χ3v) is 5.89. The Labute approximate surface area is 188 Å². The molecular weight excluding hydrogens is 440 g/mol. The first-order valence-corrected chi connectivity index (χ1v) is 10.9. The largest absolute Gasteiger partial charge is 0.854 e. The maximum absolute atomic E-state index is 13.0. The normalized spacial score (nSPS) is 14.6. The van der Waals surface area contributed by atoms with Gasteiger partial charge in [0.25, 0.3) is 17.0 Å². The number of methoxy groups -OCH3 is 2. The molecule has 1 aliphatic heterocycles. The van der Waals surface area contributed by atoms with Gasteiger partial charge in [0.2, 0.25) is 5.91 Å². The number of fused-ring (bicyclic) bond motifs is 3. The zero-order valence-corrected chi connectivity index (χ0v) is 18.8. The van der Waals surface area contributed by atoms with Crippen molar-refractivity contribution < 1.29 is 24.1 Å². The Bertz CT molecular complexity index is 1190. The Hall–Kier alpha value is -3.04. The van der Waals surface area contributed by atoms with Crippen LogP contribution in [0, 0.1) is 0 Å². The van der Waals surface area contributed by atoms with Crippen LogP contribution < -0.4 is 24.2 Å². The molecule has 1 unspecified atom stereocenters. The van der Waals surface area contributed by atoms with E-state index >= 15 is 0 Å². The van der Waals surface area contributed by atoms with Gasteiger partial charge in [-0.25, -0.2) is 9.88 Å². The Morgan fingerprint density at radius 1 is 1.23 bits per heavy atom. The van der Waals surface area contributed by atoms with Gasteiger partial charge in [0.05, 0.1) is 41.9 Å². The second kappa shape index (κ2) is 8.24. The molecule has 2 heterocycles. The maximum Gasteiger partial charge on any atom is 0.294 e. The summed E-state index contributed by atoms with van der Waals surface area (Å²) in [6.45, 7) is 1.46. The van der Waals surface area contributed by atoms with E-state index in [4.69, 9.17) is 21.1 Å². The second-order valence-electron chi connectivity index (χ2n) is 6.71. The lowest BCUT2D eigenvalue weighted by atomic mass is 10.0. The lowest BCUT2D eigenvalue weighted by molar-refractivity contribution is -0.764. The van der Waals surface area contributed by atoms with Gasteiger partial charge in [-0.15, -0.1) is 0 Å². The fourth-order valence-corrected chi connectivity index (χ4v) is 4.30. The van der Waals surface area contributed by atoms with Crippen LogP contribution in [0.15, 0.2) is 41.6 Å². The molecule has 31 heavy (non-hydrogen) atoms. The Morgan fingerprint density at radius 3 is 2.55 bits per heavy atom. The number of carbonyl (C=O) groups is 1. The SMILES string of the molecule is COc1cc(Cl)c(C2N(C(C)=O)c3ccccc3-c3c([O-])nc(SC)n[n+]32)cc1OC. The molecule has 0 fully saturated rings. The van der Waals surface area contributed by atoms with Gasteiger partial charge in [-0.1, -0.05) is 40.2 Å². The predicted molar refractivity (Wildman–Crippen MR) is 115 cm³/mol. The topological polar surface area (TPSA) is 91.5 Å². The highest BCUT2D eigenvalue weighted by Gasteiger charge is 2.45. The summed E-state index contributed by atoms with van der Waals surface area (Å²) in [6.07, 6.45) is 0.955. The van der Waals surface area contributed by atoms with Crippen LogP contribution >= 0.6 is 23.4 Å². The summed E-state index contributed by atoms with van der Waals surface area (Å²) in [5, 5.41) is 18.2. The molecule has 10 heteroatoms. The van der Waals surface area contributed by atoms with Gasteiger partial charge in [0, 0.05) is 18.1 Å². The summed E-state index contributed by atoms with van der Waals surface area (Å²) in [7, 11) is 3.03. The summed E-state index contributed by atoms with van der Waals surface area (Å²) >= 11 is 7.87. The van der Waals surface area contributed by atoms with Gasteiger partial charge >= 0.3 is 0 Å². The van der Waals surface area contributed by atoms with Crippen molar-refractivity contribution in [3.8, 4) is 28.6 Å². The van der Waals surface area contributed by atoms with Crippen LogP contribution in [0.1, 0.15) is 18.7 Å². The maximum atomic E-state index is 13.0. The Kier molecular flexibility index (Phi) is 5.63. The number of amides is 1. The molecule has 0 saturated heterocycles. The summed E-state index contributed by atoms with van der Waals surface area (Å²) in [5.41, 5.74) is 1.95. The van der Waals surface area contributed by atoms with Crippen LogP contribution in [-0.2, 0) is 4.79 Å². The quantitative estimate of drug-likeness (QED) is 0.438. The van der Waals surface area contributed by atoms with Crippen molar-refractivity contribution in [1.82, 2.24) is 10.1 Å². The van der Waals surface area contributed by atoms with Crippen LogP contribution in [0.25, 0.3) is 11.3 Å². The van der Waals surface area contributed by atoms with Gasteiger partial charge in [-0.3, -0.25) is 4.79 Å². The Morgan fingerprint density at radius 2 is 1.90 bits per heavy atom. The molecule has 1 aromatic heterocycles. The molecule has 0 saturated carbocycles. The molecule has 4 rings (SSSR count). The average Bonchev–Trinajstić information content (AvgIpc) is 2.77. The number of halogens is 1. The number of para-hydroxylation sites is 1. The monoisotopic (exact) mass is 458 g/mol. The van der Waals surface area contributed by atoms with Crippen molar-refractivity contribution in [2.45, 2.75) is 18.2 Å². The first-order valence-electron chi connectivity index (χ1n) is 9.26. The van der Waals surface area contributed by atoms with Crippen molar-refractivity contribution in [3.63, 3.8) is 0 Å². The Balaban J connectivity index is 2.09.